The van der Waals surface area contributed by atoms with E-state index in [1.54, 1.807) is 0 Å². The van der Waals surface area contributed by atoms with Gasteiger partial charge in [0.1, 0.15) is 19.8 Å². The Morgan fingerprint density at radius 2 is 0.750 bits per heavy atom. The van der Waals surface area contributed by atoms with Crippen molar-refractivity contribution in [3.8, 4) is 0 Å². The molecule has 9 nitrogen and oxygen atoms in total. The van der Waals surface area contributed by atoms with Gasteiger partial charge in [-0.05, 0) is 12.8 Å². The summed E-state index contributed by atoms with van der Waals surface area (Å²) >= 11 is 0. The molecule has 0 aliphatic heterocycles. The largest absolute Gasteiger partial charge is 0.472 e. The van der Waals surface area contributed by atoms with Gasteiger partial charge < -0.3 is 18.9 Å². The van der Waals surface area contributed by atoms with Gasteiger partial charge >= 0.3 is 19.8 Å². The number of nitrogens with zero attached hydrogens (tertiary/aromatic N) is 1. The minimum absolute atomic E-state index is 0.0372. The number of carbonyl (C=O) groups is 2. The van der Waals surface area contributed by atoms with Crippen molar-refractivity contribution < 1.29 is 42.1 Å². The quantitative estimate of drug-likeness (QED) is 0.0279. The van der Waals surface area contributed by atoms with Gasteiger partial charge in [-0.15, -0.1) is 0 Å². The monoisotopic (exact) mass is 875 g/mol. The van der Waals surface area contributed by atoms with E-state index in [-0.39, 0.29) is 25.6 Å². The maximum atomic E-state index is 12.8. The zero-order chi connectivity index (χ0) is 44.3. The number of likely N-dealkylation sites (N-methyl/N-ethyl adjacent to an activating group) is 1. The summed E-state index contributed by atoms with van der Waals surface area (Å²) in [5.74, 6) is -0.777. The van der Waals surface area contributed by atoms with Crippen molar-refractivity contribution in [2.45, 2.75) is 264 Å². The fraction of sp³-hybridized carbons (Fsp3) is 0.960. The number of quaternary nitrogens is 1. The first-order chi connectivity index (χ1) is 29.0. The number of ether oxygens (including phenoxy) is 2. The predicted molar refractivity (Wildman–Crippen MR) is 252 cm³/mol. The molecule has 1 unspecified atom stereocenters. The number of esters is 2. The first kappa shape index (κ1) is 59.0. The summed E-state index contributed by atoms with van der Waals surface area (Å²) in [6.07, 6.45) is 45.8. The first-order valence-corrected chi connectivity index (χ1v) is 27.3. The van der Waals surface area contributed by atoms with Gasteiger partial charge in [0.05, 0.1) is 27.7 Å². The number of phosphoric acid groups is 1. The summed E-state index contributed by atoms with van der Waals surface area (Å²) in [5, 5.41) is 0. The summed E-state index contributed by atoms with van der Waals surface area (Å²) in [7, 11) is 1.50. The van der Waals surface area contributed by atoms with Crippen molar-refractivity contribution in [2.24, 2.45) is 0 Å². The standard InChI is InChI=1S/C50H100NO8P/c1-6-8-10-12-14-16-18-20-22-24-25-26-27-29-31-33-35-37-39-41-43-50(53)59-48(47-58-60(54,55)57-45-44-51(3,4)5)46-56-49(52)42-40-38-36-34-32-30-28-23-21-19-17-15-13-11-9-7-2/h48H,6-47H2,1-5H3/p+1/t48-/m1/s1. The van der Waals surface area contributed by atoms with Crippen LogP contribution in [0.4, 0.5) is 0 Å². The molecule has 0 aromatic heterocycles. The van der Waals surface area contributed by atoms with Crippen molar-refractivity contribution in [2.75, 3.05) is 47.5 Å². The van der Waals surface area contributed by atoms with Crippen molar-refractivity contribution in [1.29, 1.82) is 0 Å². The summed E-state index contributed by atoms with van der Waals surface area (Å²) < 4.78 is 34.5. The van der Waals surface area contributed by atoms with Crippen LogP contribution in [-0.4, -0.2) is 74.9 Å². The Bertz CT molecular complexity index is 990. The summed E-state index contributed by atoms with van der Waals surface area (Å²) in [6, 6.07) is 0. The highest BCUT2D eigenvalue weighted by molar-refractivity contribution is 7.47. The molecule has 0 saturated carbocycles. The Labute approximate surface area is 372 Å². The van der Waals surface area contributed by atoms with E-state index in [4.69, 9.17) is 18.5 Å². The zero-order valence-corrected chi connectivity index (χ0v) is 41.4. The second-order valence-corrected chi connectivity index (χ2v) is 20.4. The molecule has 0 aromatic rings. The molecule has 0 saturated heterocycles. The number of hydrogen-bond acceptors (Lipinski definition) is 7. The highest BCUT2D eigenvalue weighted by Crippen LogP contribution is 2.43. The van der Waals surface area contributed by atoms with E-state index in [1.165, 1.54) is 193 Å². The SMILES string of the molecule is CCCCCCCCCCCCCCCCCCCCCCC(=O)O[C@H](COC(=O)CCCCCCCCCCCCCCCCCC)COP(=O)(O)OCC[N+](C)(C)C. The van der Waals surface area contributed by atoms with Gasteiger partial charge in [-0.1, -0.05) is 232 Å². The van der Waals surface area contributed by atoms with E-state index in [0.717, 1.165) is 38.5 Å². The third-order valence-electron chi connectivity index (χ3n) is 11.6. The molecule has 0 aliphatic carbocycles. The van der Waals surface area contributed by atoms with Crippen LogP contribution in [0.25, 0.3) is 0 Å². The van der Waals surface area contributed by atoms with E-state index in [2.05, 4.69) is 13.8 Å². The van der Waals surface area contributed by atoms with Crippen LogP contribution < -0.4 is 0 Å². The molecule has 0 rings (SSSR count). The van der Waals surface area contributed by atoms with Gasteiger partial charge in [-0.3, -0.25) is 18.6 Å². The van der Waals surface area contributed by atoms with Gasteiger partial charge in [0.15, 0.2) is 6.10 Å². The molecule has 0 aliphatic rings. The predicted octanol–water partition coefficient (Wildman–Crippen LogP) is 15.1. The molecule has 0 amide bonds. The van der Waals surface area contributed by atoms with Gasteiger partial charge in [0.25, 0.3) is 0 Å². The fourth-order valence-electron chi connectivity index (χ4n) is 7.61. The number of hydrogen-bond donors (Lipinski definition) is 1. The lowest BCUT2D eigenvalue weighted by Crippen LogP contribution is -2.37. The summed E-state index contributed by atoms with van der Waals surface area (Å²) in [4.78, 5) is 35.5. The van der Waals surface area contributed by atoms with Crippen LogP contribution in [0, 0.1) is 0 Å². The average molecular weight is 875 g/mol. The maximum Gasteiger partial charge on any atom is 0.472 e. The number of rotatable bonds is 48. The molecule has 60 heavy (non-hydrogen) atoms. The number of carbonyl (C=O) groups excluding carboxylic acids is 2. The van der Waals surface area contributed by atoms with Gasteiger partial charge in [-0.25, -0.2) is 4.57 Å². The lowest BCUT2D eigenvalue weighted by Gasteiger charge is -2.24. The smallest absolute Gasteiger partial charge is 0.462 e. The minimum Gasteiger partial charge on any atom is -0.462 e. The van der Waals surface area contributed by atoms with Crippen molar-refractivity contribution in [1.82, 2.24) is 0 Å². The van der Waals surface area contributed by atoms with Crippen LogP contribution in [0.2, 0.25) is 0 Å². The summed E-state index contributed by atoms with van der Waals surface area (Å²) in [6.45, 7) is 4.49. The normalized spacial score (nSPS) is 13.4. The molecule has 0 radical (unpaired) electrons. The van der Waals surface area contributed by atoms with Gasteiger partial charge in [0.2, 0.25) is 0 Å². The zero-order valence-electron chi connectivity index (χ0n) is 40.5. The van der Waals surface area contributed by atoms with E-state index >= 15 is 0 Å². The van der Waals surface area contributed by atoms with Gasteiger partial charge in [0, 0.05) is 12.8 Å². The number of unbranched alkanes of at least 4 members (excludes halogenated alkanes) is 34. The lowest BCUT2D eigenvalue weighted by atomic mass is 10.0. The van der Waals surface area contributed by atoms with Crippen molar-refractivity contribution in [3.63, 3.8) is 0 Å². The molecule has 0 aromatic carbocycles. The van der Waals surface area contributed by atoms with Crippen molar-refractivity contribution >= 4 is 19.8 Å². The van der Waals surface area contributed by atoms with Crippen LogP contribution in [0.1, 0.15) is 258 Å². The van der Waals surface area contributed by atoms with Gasteiger partial charge in [-0.2, -0.15) is 0 Å². The highest BCUT2D eigenvalue weighted by atomic mass is 31.2. The third kappa shape index (κ3) is 46.5. The van der Waals surface area contributed by atoms with E-state index in [0.29, 0.717) is 17.4 Å². The van der Waals surface area contributed by atoms with Crippen LogP contribution in [0.3, 0.4) is 0 Å². The second kappa shape index (κ2) is 43.3. The molecular formula is C50H101NO8P+. The topological polar surface area (TPSA) is 108 Å². The maximum absolute atomic E-state index is 12.8. The first-order valence-electron chi connectivity index (χ1n) is 25.8. The fourth-order valence-corrected chi connectivity index (χ4v) is 8.35. The Balaban J connectivity index is 4.19. The van der Waals surface area contributed by atoms with E-state index < -0.39 is 26.5 Å². The third-order valence-corrected chi connectivity index (χ3v) is 12.6. The Morgan fingerprint density at radius 1 is 0.450 bits per heavy atom. The number of phosphoric ester groups is 1. The molecule has 10 heteroatoms. The van der Waals surface area contributed by atoms with Crippen molar-refractivity contribution in [3.05, 3.63) is 0 Å². The van der Waals surface area contributed by atoms with Crippen LogP contribution in [-0.2, 0) is 32.7 Å². The molecular weight excluding hydrogens is 774 g/mol. The molecule has 1 N–H and O–H groups in total. The van der Waals surface area contributed by atoms with E-state index in [1.807, 2.05) is 21.1 Å². The highest BCUT2D eigenvalue weighted by Gasteiger charge is 2.27. The lowest BCUT2D eigenvalue weighted by molar-refractivity contribution is -0.870. The second-order valence-electron chi connectivity index (χ2n) is 18.9. The molecule has 0 spiro atoms. The molecule has 0 heterocycles. The van der Waals surface area contributed by atoms with Crippen LogP contribution in [0.15, 0.2) is 0 Å². The summed E-state index contributed by atoms with van der Waals surface area (Å²) in [5.41, 5.74) is 0. The molecule has 0 fully saturated rings. The Kier molecular flexibility index (Phi) is 42.6. The minimum atomic E-state index is -4.37. The average Bonchev–Trinajstić information content (AvgIpc) is 3.20. The molecule has 2 atom stereocenters. The Hall–Kier alpha value is -0.990. The molecule has 0 bridgehead atoms. The van der Waals surface area contributed by atoms with Crippen LogP contribution >= 0.6 is 7.82 Å². The van der Waals surface area contributed by atoms with E-state index in [9.17, 15) is 19.0 Å². The Morgan fingerprint density at radius 3 is 1.07 bits per heavy atom. The van der Waals surface area contributed by atoms with Crippen LogP contribution in [0.5, 0.6) is 0 Å². The molecule has 358 valence electrons.